The van der Waals surface area contributed by atoms with E-state index >= 15 is 0 Å². The Morgan fingerprint density at radius 1 is 1.05 bits per heavy atom. The van der Waals surface area contributed by atoms with E-state index in [1.807, 2.05) is 0 Å². The quantitative estimate of drug-likeness (QED) is 0.518. The third-order valence-electron chi connectivity index (χ3n) is 2.68. The number of hydrogen-bond donors (Lipinski definition) is 1. The molecule has 1 heterocycles. The molecule has 0 unspecified atom stereocenters. The van der Waals surface area contributed by atoms with Crippen molar-refractivity contribution in [2.24, 2.45) is 0 Å². The molecule has 0 saturated carbocycles. The van der Waals surface area contributed by atoms with Crippen molar-refractivity contribution in [3.8, 4) is 11.3 Å². The van der Waals surface area contributed by atoms with Crippen molar-refractivity contribution >= 4 is 17.6 Å². The normalized spacial score (nSPS) is 9.27. The van der Waals surface area contributed by atoms with Crippen molar-refractivity contribution in [1.82, 2.24) is 9.97 Å². The number of imidazole rings is 1. The van der Waals surface area contributed by atoms with Crippen LogP contribution in [0.2, 0.25) is 0 Å². The first kappa shape index (κ1) is 22.4. The fraction of sp³-hybridized carbons (Fsp3) is 0.154. The molecule has 0 aliphatic heterocycles. The van der Waals surface area contributed by atoms with Crippen molar-refractivity contribution in [3.05, 3.63) is 36.8 Å². The van der Waals surface area contributed by atoms with Gasteiger partial charge in [0, 0.05) is 5.69 Å². The van der Waals surface area contributed by atoms with Crippen LogP contribution in [0.15, 0.2) is 36.8 Å². The second-order valence-corrected chi connectivity index (χ2v) is 4.11. The molecule has 22 heavy (non-hydrogen) atoms. The fourth-order valence-electron chi connectivity index (χ4n) is 1.82. The van der Waals surface area contributed by atoms with E-state index in [2.05, 4.69) is 9.97 Å². The number of aliphatic carboxylic acids is 2. The summed E-state index contributed by atoms with van der Waals surface area (Å²) in [6, 6.07) is 6.73. The standard InChI is InChI=1S/C13H13N3O4.2K/c17-12(18)6-16(7-13(19)20)10-3-1-9(2-4-10)11-5-14-8-15-11;;/h1-5,8H,6-7H2,(H,14,15)(H,17,18)(H,19,20);;/q;2*+1/p-2. The zero-order valence-corrected chi connectivity index (χ0v) is 18.7. The Morgan fingerprint density at radius 3 is 2.00 bits per heavy atom. The summed E-state index contributed by atoms with van der Waals surface area (Å²) in [7, 11) is 0. The number of nitrogens with one attached hydrogen (secondary N) is 1. The van der Waals surface area contributed by atoms with Gasteiger partial charge >= 0.3 is 103 Å². The van der Waals surface area contributed by atoms with Crippen LogP contribution in [0, 0.1) is 0 Å². The number of aromatic amines is 1. The summed E-state index contributed by atoms with van der Waals surface area (Å²) in [5.74, 6) is -2.72. The van der Waals surface area contributed by atoms with Gasteiger partial charge in [0.1, 0.15) is 0 Å². The number of carboxylic acids is 2. The molecule has 0 bridgehead atoms. The SMILES string of the molecule is O=C([O-])CN(CC(=O)[O-])c1ccc(-c2cnc[nH]2)cc1.[K+].[K+]. The second kappa shape index (κ2) is 11.1. The van der Waals surface area contributed by atoms with Crippen molar-refractivity contribution in [1.29, 1.82) is 0 Å². The number of anilines is 1. The maximum absolute atomic E-state index is 10.6. The molecule has 0 aliphatic rings. The number of H-pyrrole nitrogens is 1. The summed E-state index contributed by atoms with van der Waals surface area (Å²) in [5.41, 5.74) is 2.12. The molecule has 1 aromatic heterocycles. The number of carbonyl (C=O) groups excluding carboxylic acids is 2. The molecule has 104 valence electrons. The van der Waals surface area contributed by atoms with E-state index in [9.17, 15) is 19.8 Å². The molecule has 0 aliphatic carbocycles. The van der Waals surface area contributed by atoms with Crippen LogP contribution in [0.3, 0.4) is 0 Å². The van der Waals surface area contributed by atoms with Crippen molar-refractivity contribution in [2.45, 2.75) is 0 Å². The molecular weight excluding hydrogens is 340 g/mol. The number of rotatable bonds is 6. The van der Waals surface area contributed by atoms with Gasteiger partial charge < -0.3 is 29.7 Å². The minimum absolute atomic E-state index is 0. The monoisotopic (exact) mass is 351 g/mol. The van der Waals surface area contributed by atoms with Gasteiger partial charge in [-0.1, -0.05) is 12.1 Å². The van der Waals surface area contributed by atoms with E-state index < -0.39 is 25.0 Å². The van der Waals surface area contributed by atoms with Gasteiger partial charge in [-0.3, -0.25) is 0 Å². The van der Waals surface area contributed by atoms with Crippen LogP contribution >= 0.6 is 0 Å². The van der Waals surface area contributed by atoms with Gasteiger partial charge in [-0.25, -0.2) is 4.98 Å². The maximum Gasteiger partial charge on any atom is 1.00 e. The number of hydrogen-bond acceptors (Lipinski definition) is 6. The van der Waals surface area contributed by atoms with Crippen LogP contribution in [0.25, 0.3) is 11.3 Å². The zero-order chi connectivity index (χ0) is 14.5. The fourth-order valence-corrected chi connectivity index (χ4v) is 1.82. The number of nitrogens with zero attached hydrogens (tertiary/aromatic N) is 2. The minimum atomic E-state index is -1.36. The van der Waals surface area contributed by atoms with Gasteiger partial charge in [0.2, 0.25) is 0 Å². The number of aromatic nitrogens is 2. The van der Waals surface area contributed by atoms with E-state index in [4.69, 9.17) is 0 Å². The first-order valence-corrected chi connectivity index (χ1v) is 5.79. The first-order valence-electron chi connectivity index (χ1n) is 5.79. The van der Waals surface area contributed by atoms with Gasteiger partial charge in [-0.2, -0.15) is 0 Å². The minimum Gasteiger partial charge on any atom is -0.548 e. The molecule has 9 heteroatoms. The summed E-state index contributed by atoms with van der Waals surface area (Å²) in [5, 5.41) is 21.3. The van der Waals surface area contributed by atoms with Crippen LogP contribution in [0.4, 0.5) is 5.69 Å². The Kier molecular flexibility index (Phi) is 11.3. The number of carboxylic acid groups (broad SMARTS) is 2. The summed E-state index contributed by atoms with van der Waals surface area (Å²) in [6.45, 7) is -1.03. The predicted octanol–water partition coefficient (Wildman–Crippen LogP) is -7.61. The molecule has 2 rings (SSSR count). The van der Waals surface area contributed by atoms with Gasteiger partial charge in [0.15, 0.2) is 0 Å². The molecule has 0 fully saturated rings. The molecule has 0 amide bonds. The summed E-state index contributed by atoms with van der Waals surface area (Å²) < 4.78 is 0. The topological polar surface area (TPSA) is 112 Å². The average molecular weight is 351 g/mol. The average Bonchev–Trinajstić information content (AvgIpc) is 2.91. The Balaban J connectivity index is 0.00000220. The van der Waals surface area contributed by atoms with Crippen LogP contribution in [0.1, 0.15) is 0 Å². The molecule has 0 spiro atoms. The molecule has 1 aromatic carbocycles. The van der Waals surface area contributed by atoms with E-state index in [0.29, 0.717) is 5.69 Å². The number of benzene rings is 1. The Morgan fingerprint density at radius 2 is 1.59 bits per heavy atom. The molecule has 0 atom stereocenters. The van der Waals surface area contributed by atoms with Crippen LogP contribution < -0.4 is 118 Å². The van der Waals surface area contributed by atoms with E-state index in [1.54, 1.807) is 36.8 Å². The van der Waals surface area contributed by atoms with Gasteiger partial charge in [-0.05, 0) is 17.7 Å². The number of carbonyl (C=O) groups is 2. The maximum atomic E-state index is 10.6. The molecule has 2 aromatic rings. The molecule has 0 radical (unpaired) electrons. The summed E-state index contributed by atoms with van der Waals surface area (Å²) in [4.78, 5) is 29.3. The summed E-state index contributed by atoms with van der Waals surface area (Å²) >= 11 is 0. The van der Waals surface area contributed by atoms with Crippen LogP contribution in [-0.4, -0.2) is 35.0 Å². The van der Waals surface area contributed by atoms with Crippen LogP contribution in [0.5, 0.6) is 0 Å². The van der Waals surface area contributed by atoms with E-state index in [-0.39, 0.29) is 103 Å². The van der Waals surface area contributed by atoms with Gasteiger partial charge in [-0.15, -0.1) is 0 Å². The Hall–Kier alpha value is 0.443. The van der Waals surface area contributed by atoms with Crippen molar-refractivity contribution in [2.75, 3.05) is 18.0 Å². The molecule has 1 N–H and O–H groups in total. The van der Waals surface area contributed by atoms with Crippen LogP contribution in [-0.2, 0) is 9.59 Å². The first-order chi connectivity index (χ1) is 9.56. The second-order valence-electron chi connectivity index (χ2n) is 4.11. The molecule has 0 saturated heterocycles. The third-order valence-corrected chi connectivity index (χ3v) is 2.68. The Labute approximate surface area is 212 Å². The predicted molar refractivity (Wildman–Crippen MR) is 66.3 cm³/mol. The Bertz CT molecular complexity index is 586. The largest absolute Gasteiger partial charge is 1.00 e. The smallest absolute Gasteiger partial charge is 0.548 e. The van der Waals surface area contributed by atoms with Gasteiger partial charge in [0.25, 0.3) is 0 Å². The van der Waals surface area contributed by atoms with Gasteiger partial charge in [0.05, 0.1) is 43.2 Å². The third kappa shape index (κ3) is 6.91. The molecule has 7 nitrogen and oxygen atoms in total. The molecular formula is C13H11K2N3O4. The van der Waals surface area contributed by atoms with E-state index in [0.717, 1.165) is 16.2 Å². The summed E-state index contributed by atoms with van der Waals surface area (Å²) in [6.07, 6.45) is 3.19. The van der Waals surface area contributed by atoms with E-state index in [1.165, 1.54) is 0 Å². The van der Waals surface area contributed by atoms with Crippen molar-refractivity contribution in [3.63, 3.8) is 0 Å². The zero-order valence-electron chi connectivity index (χ0n) is 12.4. The van der Waals surface area contributed by atoms with Crippen molar-refractivity contribution < 1.29 is 123 Å².